The highest BCUT2D eigenvalue weighted by Gasteiger charge is 2.33. The van der Waals surface area contributed by atoms with Crippen molar-refractivity contribution in [3.05, 3.63) is 29.6 Å². The van der Waals surface area contributed by atoms with E-state index in [2.05, 4.69) is 11.8 Å². The van der Waals surface area contributed by atoms with Crippen molar-refractivity contribution in [3.8, 4) is 5.75 Å². The molecule has 0 bridgehead atoms. The minimum atomic E-state index is -0.183. The number of rotatable bonds is 3. The van der Waals surface area contributed by atoms with Crippen molar-refractivity contribution in [3.63, 3.8) is 0 Å². The average Bonchev–Trinajstić information content (AvgIpc) is 2.92. The summed E-state index contributed by atoms with van der Waals surface area (Å²) in [6.07, 6.45) is 2.14. The number of nitrogens with zero attached hydrogens (tertiary/aromatic N) is 1. The molecule has 1 aromatic rings. The summed E-state index contributed by atoms with van der Waals surface area (Å²) in [5, 5.41) is 0. The van der Waals surface area contributed by atoms with Gasteiger partial charge in [0.25, 0.3) is 0 Å². The molecule has 3 nitrogen and oxygen atoms in total. The van der Waals surface area contributed by atoms with E-state index in [1.165, 1.54) is 12.5 Å². The van der Waals surface area contributed by atoms with Gasteiger partial charge in [-0.25, -0.2) is 4.39 Å². The summed E-state index contributed by atoms with van der Waals surface area (Å²) in [6, 6.07) is 5.24. The SMILES string of the molecule is CC1CCN(CC2Cc3cc(F)ccc3O2)C1CN. The molecule has 1 fully saturated rings. The molecule has 1 saturated heterocycles. The van der Waals surface area contributed by atoms with Gasteiger partial charge in [-0.1, -0.05) is 6.92 Å². The Morgan fingerprint density at radius 2 is 2.32 bits per heavy atom. The second kappa shape index (κ2) is 5.10. The van der Waals surface area contributed by atoms with Gasteiger partial charge in [-0.15, -0.1) is 0 Å². The molecule has 104 valence electrons. The first-order valence-corrected chi connectivity index (χ1v) is 7.06. The maximum absolute atomic E-state index is 13.2. The third-order valence-electron chi connectivity index (χ3n) is 4.44. The molecule has 0 spiro atoms. The lowest BCUT2D eigenvalue weighted by atomic mass is 10.0. The molecule has 4 heteroatoms. The van der Waals surface area contributed by atoms with Crippen LogP contribution >= 0.6 is 0 Å². The van der Waals surface area contributed by atoms with Crippen LogP contribution in [0.2, 0.25) is 0 Å². The highest BCUT2D eigenvalue weighted by atomic mass is 19.1. The lowest BCUT2D eigenvalue weighted by molar-refractivity contribution is 0.136. The molecule has 0 amide bonds. The van der Waals surface area contributed by atoms with Crippen molar-refractivity contribution in [2.45, 2.75) is 31.9 Å². The number of benzene rings is 1. The highest BCUT2D eigenvalue weighted by molar-refractivity contribution is 5.38. The van der Waals surface area contributed by atoms with E-state index in [1.54, 1.807) is 12.1 Å². The second-order valence-corrected chi connectivity index (χ2v) is 5.76. The quantitative estimate of drug-likeness (QED) is 0.904. The summed E-state index contributed by atoms with van der Waals surface area (Å²) in [5.74, 6) is 1.31. The Morgan fingerprint density at radius 1 is 1.47 bits per heavy atom. The van der Waals surface area contributed by atoms with Crippen LogP contribution in [0.1, 0.15) is 18.9 Å². The molecule has 3 unspecified atom stereocenters. The zero-order valence-corrected chi connectivity index (χ0v) is 11.3. The third kappa shape index (κ3) is 2.47. The number of likely N-dealkylation sites (tertiary alicyclic amines) is 1. The molecule has 1 aromatic carbocycles. The van der Waals surface area contributed by atoms with E-state index in [-0.39, 0.29) is 11.9 Å². The van der Waals surface area contributed by atoms with E-state index in [9.17, 15) is 4.39 Å². The van der Waals surface area contributed by atoms with Crippen LogP contribution in [0.25, 0.3) is 0 Å². The number of fused-ring (bicyclic) bond motifs is 1. The van der Waals surface area contributed by atoms with E-state index in [1.807, 2.05) is 0 Å². The fraction of sp³-hybridized carbons (Fsp3) is 0.600. The monoisotopic (exact) mass is 264 g/mol. The van der Waals surface area contributed by atoms with Crippen molar-refractivity contribution < 1.29 is 9.13 Å². The Labute approximate surface area is 113 Å². The van der Waals surface area contributed by atoms with Crippen molar-refractivity contribution in [2.75, 3.05) is 19.6 Å². The molecule has 2 aliphatic rings. The molecule has 2 heterocycles. The Morgan fingerprint density at radius 3 is 3.11 bits per heavy atom. The van der Waals surface area contributed by atoms with Gasteiger partial charge in [-0.05, 0) is 37.1 Å². The van der Waals surface area contributed by atoms with Crippen LogP contribution in [-0.2, 0) is 6.42 Å². The molecule has 0 aromatic heterocycles. The highest BCUT2D eigenvalue weighted by Crippen LogP contribution is 2.31. The summed E-state index contributed by atoms with van der Waals surface area (Å²) < 4.78 is 19.1. The van der Waals surface area contributed by atoms with Crippen LogP contribution in [-0.4, -0.2) is 36.7 Å². The maximum atomic E-state index is 13.2. The van der Waals surface area contributed by atoms with Crippen LogP contribution in [0, 0.1) is 11.7 Å². The minimum absolute atomic E-state index is 0.135. The molecule has 2 aliphatic heterocycles. The molecular formula is C15H21FN2O. The molecule has 0 saturated carbocycles. The van der Waals surface area contributed by atoms with E-state index in [0.29, 0.717) is 18.5 Å². The Bertz CT molecular complexity index is 465. The van der Waals surface area contributed by atoms with Crippen molar-refractivity contribution >= 4 is 0 Å². The van der Waals surface area contributed by atoms with E-state index in [4.69, 9.17) is 10.5 Å². The van der Waals surface area contributed by atoms with Gasteiger partial charge >= 0.3 is 0 Å². The third-order valence-corrected chi connectivity index (χ3v) is 4.44. The minimum Gasteiger partial charge on any atom is -0.488 e. The molecular weight excluding hydrogens is 243 g/mol. The van der Waals surface area contributed by atoms with Gasteiger partial charge in [0.2, 0.25) is 0 Å². The van der Waals surface area contributed by atoms with Gasteiger partial charge < -0.3 is 10.5 Å². The predicted molar refractivity (Wildman–Crippen MR) is 72.7 cm³/mol. The molecule has 0 radical (unpaired) electrons. The average molecular weight is 264 g/mol. The summed E-state index contributed by atoms with van der Waals surface area (Å²) in [4.78, 5) is 2.43. The molecule has 2 N–H and O–H groups in total. The maximum Gasteiger partial charge on any atom is 0.123 e. The van der Waals surface area contributed by atoms with Crippen molar-refractivity contribution in [2.24, 2.45) is 11.7 Å². The number of halogens is 1. The van der Waals surface area contributed by atoms with E-state index >= 15 is 0 Å². The predicted octanol–water partition coefficient (Wildman–Crippen LogP) is 1.80. The van der Waals surface area contributed by atoms with Gasteiger partial charge in [-0.3, -0.25) is 4.90 Å². The van der Waals surface area contributed by atoms with Gasteiger partial charge in [0.15, 0.2) is 0 Å². The van der Waals surface area contributed by atoms with Gasteiger partial charge in [0.1, 0.15) is 17.7 Å². The fourth-order valence-electron chi connectivity index (χ4n) is 3.35. The van der Waals surface area contributed by atoms with Crippen LogP contribution in [0.3, 0.4) is 0 Å². The van der Waals surface area contributed by atoms with Crippen molar-refractivity contribution in [1.82, 2.24) is 4.90 Å². The van der Waals surface area contributed by atoms with Gasteiger partial charge in [0, 0.05) is 31.1 Å². The van der Waals surface area contributed by atoms with Crippen molar-refractivity contribution in [1.29, 1.82) is 0 Å². The lowest BCUT2D eigenvalue weighted by Gasteiger charge is -2.27. The van der Waals surface area contributed by atoms with Crippen LogP contribution in [0.5, 0.6) is 5.75 Å². The van der Waals surface area contributed by atoms with Crippen LogP contribution < -0.4 is 10.5 Å². The number of hydrogen-bond acceptors (Lipinski definition) is 3. The number of nitrogens with two attached hydrogens (primary N) is 1. The second-order valence-electron chi connectivity index (χ2n) is 5.76. The summed E-state index contributed by atoms with van der Waals surface area (Å²) in [5.41, 5.74) is 6.85. The molecule has 0 aliphatic carbocycles. The summed E-state index contributed by atoms with van der Waals surface area (Å²) in [6.45, 7) is 4.95. The Balaban J connectivity index is 1.64. The largest absolute Gasteiger partial charge is 0.488 e. The number of ether oxygens (including phenoxy) is 1. The normalized spacial score (nSPS) is 30.4. The zero-order valence-electron chi connectivity index (χ0n) is 11.3. The lowest BCUT2D eigenvalue weighted by Crippen LogP contribution is -2.43. The Kier molecular flexibility index (Phi) is 3.46. The smallest absolute Gasteiger partial charge is 0.123 e. The topological polar surface area (TPSA) is 38.5 Å². The van der Waals surface area contributed by atoms with Gasteiger partial charge in [0.05, 0.1) is 0 Å². The first-order chi connectivity index (χ1) is 9.17. The molecule has 19 heavy (non-hydrogen) atoms. The van der Waals surface area contributed by atoms with Gasteiger partial charge in [-0.2, -0.15) is 0 Å². The van der Waals surface area contributed by atoms with E-state index in [0.717, 1.165) is 30.8 Å². The molecule has 3 rings (SSSR count). The molecule has 3 atom stereocenters. The van der Waals surface area contributed by atoms with E-state index < -0.39 is 0 Å². The first-order valence-electron chi connectivity index (χ1n) is 7.06. The summed E-state index contributed by atoms with van der Waals surface area (Å²) in [7, 11) is 0. The number of hydrogen-bond donors (Lipinski definition) is 1. The summed E-state index contributed by atoms with van der Waals surface area (Å²) >= 11 is 0. The Hall–Kier alpha value is -1.13. The standard InChI is InChI=1S/C15H21FN2O/c1-10-4-5-18(14(10)8-17)9-13-7-11-6-12(16)2-3-15(11)19-13/h2-3,6,10,13-14H,4-5,7-9,17H2,1H3. The zero-order chi connectivity index (χ0) is 13.4. The fourth-order valence-corrected chi connectivity index (χ4v) is 3.35. The van der Waals surface area contributed by atoms with Crippen LogP contribution in [0.15, 0.2) is 18.2 Å². The first kappa shape index (κ1) is 12.9. The van der Waals surface area contributed by atoms with Crippen LogP contribution in [0.4, 0.5) is 4.39 Å².